The van der Waals surface area contributed by atoms with Gasteiger partial charge in [0, 0.05) is 25.1 Å². The molecule has 112 valence electrons. The van der Waals surface area contributed by atoms with Gasteiger partial charge in [-0.25, -0.2) is 9.97 Å². The van der Waals surface area contributed by atoms with Crippen molar-refractivity contribution >= 4 is 11.6 Å². The maximum atomic E-state index is 8.63. The van der Waals surface area contributed by atoms with Crippen molar-refractivity contribution in [3.8, 4) is 0 Å². The molecule has 0 atom stereocenters. The van der Waals surface area contributed by atoms with E-state index in [9.17, 15) is 0 Å². The van der Waals surface area contributed by atoms with Gasteiger partial charge in [-0.05, 0) is 19.3 Å². The van der Waals surface area contributed by atoms with E-state index in [0.717, 1.165) is 30.4 Å². The first-order valence-corrected chi connectivity index (χ1v) is 7.38. The second kappa shape index (κ2) is 8.01. The summed E-state index contributed by atoms with van der Waals surface area (Å²) in [5.74, 6) is 3.20. The third-order valence-corrected chi connectivity index (χ3v) is 3.03. The molecular formula is C14H24N4O2. The van der Waals surface area contributed by atoms with Gasteiger partial charge >= 0.3 is 0 Å². The number of nitrogens with one attached hydrogen (secondary N) is 2. The van der Waals surface area contributed by atoms with Crippen LogP contribution in [0.1, 0.15) is 37.9 Å². The van der Waals surface area contributed by atoms with Crippen LogP contribution in [0.2, 0.25) is 0 Å². The van der Waals surface area contributed by atoms with Crippen LogP contribution in [-0.2, 0) is 4.74 Å². The minimum Gasteiger partial charge on any atom is -0.394 e. The molecule has 1 aliphatic carbocycles. The zero-order chi connectivity index (χ0) is 14.2. The number of aliphatic hydroxyl groups excluding tert-OH is 1. The van der Waals surface area contributed by atoms with Gasteiger partial charge in [0.15, 0.2) is 0 Å². The van der Waals surface area contributed by atoms with E-state index in [4.69, 9.17) is 9.84 Å². The monoisotopic (exact) mass is 280 g/mol. The summed E-state index contributed by atoms with van der Waals surface area (Å²) in [7, 11) is 0. The molecule has 20 heavy (non-hydrogen) atoms. The highest BCUT2D eigenvalue weighted by Gasteiger charge is 2.27. The molecule has 1 aromatic rings. The molecule has 6 heteroatoms. The highest BCUT2D eigenvalue weighted by Crippen LogP contribution is 2.38. The fraction of sp³-hybridized carbons (Fsp3) is 0.714. The summed E-state index contributed by atoms with van der Waals surface area (Å²) < 4.78 is 5.22. The standard InChI is InChI=1S/C14H24N4O2/c1-2-5-15-12-10-13(16-6-8-20-9-7-19)18-14(17-12)11-3-4-11/h10-11,19H,2-9H2,1H3,(H2,15,16,17,18). The van der Waals surface area contributed by atoms with Gasteiger partial charge in [0.05, 0.1) is 19.8 Å². The Morgan fingerprint density at radius 3 is 2.50 bits per heavy atom. The molecule has 1 saturated carbocycles. The summed E-state index contributed by atoms with van der Waals surface area (Å²) in [6, 6.07) is 1.94. The van der Waals surface area contributed by atoms with Crippen molar-refractivity contribution < 1.29 is 9.84 Å². The van der Waals surface area contributed by atoms with Crippen molar-refractivity contribution in [2.45, 2.75) is 32.1 Å². The second-order valence-corrected chi connectivity index (χ2v) is 4.96. The first kappa shape index (κ1) is 15.0. The molecular weight excluding hydrogens is 256 g/mol. The summed E-state index contributed by atoms with van der Waals surface area (Å²) in [6.07, 6.45) is 3.45. The summed E-state index contributed by atoms with van der Waals surface area (Å²) in [4.78, 5) is 9.12. The van der Waals surface area contributed by atoms with E-state index >= 15 is 0 Å². The molecule has 0 saturated heterocycles. The van der Waals surface area contributed by atoms with Gasteiger partial charge in [-0.2, -0.15) is 0 Å². The maximum Gasteiger partial charge on any atom is 0.136 e. The van der Waals surface area contributed by atoms with Crippen LogP contribution in [-0.4, -0.2) is 48.0 Å². The molecule has 6 nitrogen and oxygen atoms in total. The van der Waals surface area contributed by atoms with E-state index < -0.39 is 0 Å². The number of aliphatic hydroxyl groups is 1. The van der Waals surface area contributed by atoms with E-state index in [-0.39, 0.29) is 6.61 Å². The third-order valence-electron chi connectivity index (χ3n) is 3.03. The maximum absolute atomic E-state index is 8.63. The van der Waals surface area contributed by atoms with Gasteiger partial charge in [0.25, 0.3) is 0 Å². The summed E-state index contributed by atoms with van der Waals surface area (Å²) >= 11 is 0. The van der Waals surface area contributed by atoms with Crippen LogP contribution < -0.4 is 10.6 Å². The lowest BCUT2D eigenvalue weighted by Crippen LogP contribution is -2.13. The molecule has 2 rings (SSSR count). The van der Waals surface area contributed by atoms with E-state index in [1.165, 1.54) is 12.8 Å². The Morgan fingerprint density at radius 1 is 1.20 bits per heavy atom. The Hall–Kier alpha value is -1.40. The molecule has 1 heterocycles. The average Bonchev–Trinajstić information content (AvgIpc) is 3.29. The molecule has 0 aliphatic heterocycles. The minimum atomic E-state index is 0.0599. The zero-order valence-electron chi connectivity index (χ0n) is 12.1. The topological polar surface area (TPSA) is 79.3 Å². The summed E-state index contributed by atoms with van der Waals surface area (Å²) in [5, 5.41) is 15.2. The van der Waals surface area contributed by atoms with Crippen molar-refractivity contribution in [1.82, 2.24) is 9.97 Å². The molecule has 0 bridgehead atoms. The van der Waals surface area contributed by atoms with Gasteiger partial charge in [-0.1, -0.05) is 6.92 Å². The van der Waals surface area contributed by atoms with Crippen molar-refractivity contribution in [3.05, 3.63) is 11.9 Å². The van der Waals surface area contributed by atoms with E-state index in [2.05, 4.69) is 27.5 Å². The predicted molar refractivity (Wildman–Crippen MR) is 79.2 cm³/mol. The van der Waals surface area contributed by atoms with Crippen LogP contribution in [0.3, 0.4) is 0 Å². The van der Waals surface area contributed by atoms with Gasteiger partial charge in [0.1, 0.15) is 17.5 Å². The Morgan fingerprint density at radius 2 is 1.90 bits per heavy atom. The number of hydrogen-bond donors (Lipinski definition) is 3. The van der Waals surface area contributed by atoms with E-state index in [1.54, 1.807) is 0 Å². The smallest absolute Gasteiger partial charge is 0.136 e. The minimum absolute atomic E-state index is 0.0599. The number of nitrogens with zero attached hydrogens (tertiary/aromatic N) is 2. The SMILES string of the molecule is CCCNc1cc(NCCOCCO)nc(C2CC2)n1. The van der Waals surface area contributed by atoms with Gasteiger partial charge < -0.3 is 20.5 Å². The Bertz CT molecular complexity index is 410. The lowest BCUT2D eigenvalue weighted by atomic mass is 10.3. The molecule has 1 aromatic heterocycles. The average molecular weight is 280 g/mol. The Balaban J connectivity index is 1.90. The fourth-order valence-electron chi connectivity index (χ4n) is 1.84. The van der Waals surface area contributed by atoms with Crippen molar-refractivity contribution in [2.75, 3.05) is 43.5 Å². The van der Waals surface area contributed by atoms with E-state index in [1.807, 2.05) is 6.07 Å². The van der Waals surface area contributed by atoms with Gasteiger partial charge in [-0.15, -0.1) is 0 Å². The molecule has 0 spiro atoms. The highest BCUT2D eigenvalue weighted by molar-refractivity contribution is 5.48. The van der Waals surface area contributed by atoms with Crippen LogP contribution in [0.25, 0.3) is 0 Å². The largest absolute Gasteiger partial charge is 0.394 e. The molecule has 3 N–H and O–H groups in total. The normalized spacial score (nSPS) is 14.3. The van der Waals surface area contributed by atoms with Crippen molar-refractivity contribution in [3.63, 3.8) is 0 Å². The second-order valence-electron chi connectivity index (χ2n) is 4.96. The van der Waals surface area contributed by atoms with Gasteiger partial charge in [-0.3, -0.25) is 0 Å². The molecule has 1 fully saturated rings. The Kier molecular flexibility index (Phi) is 6.01. The molecule has 0 unspecified atom stereocenters. The quantitative estimate of drug-likeness (QED) is 0.565. The lowest BCUT2D eigenvalue weighted by molar-refractivity contribution is 0.0992. The van der Waals surface area contributed by atoms with Crippen LogP contribution in [0, 0.1) is 0 Å². The third kappa shape index (κ3) is 4.94. The molecule has 0 amide bonds. The van der Waals surface area contributed by atoms with Gasteiger partial charge in [0.2, 0.25) is 0 Å². The summed E-state index contributed by atoms with van der Waals surface area (Å²) in [6.45, 7) is 4.72. The number of rotatable bonds is 10. The van der Waals surface area contributed by atoms with E-state index in [0.29, 0.717) is 25.7 Å². The van der Waals surface area contributed by atoms with Crippen LogP contribution in [0.15, 0.2) is 6.07 Å². The van der Waals surface area contributed by atoms with Crippen LogP contribution in [0.4, 0.5) is 11.6 Å². The fourth-order valence-corrected chi connectivity index (χ4v) is 1.84. The number of hydrogen-bond acceptors (Lipinski definition) is 6. The highest BCUT2D eigenvalue weighted by atomic mass is 16.5. The predicted octanol–water partition coefficient (Wildman–Crippen LogP) is 1.60. The number of anilines is 2. The van der Waals surface area contributed by atoms with Crippen LogP contribution >= 0.6 is 0 Å². The first-order chi connectivity index (χ1) is 9.83. The molecule has 1 aliphatic rings. The lowest BCUT2D eigenvalue weighted by Gasteiger charge is -2.11. The Labute approximate surface area is 120 Å². The number of ether oxygens (including phenoxy) is 1. The van der Waals surface area contributed by atoms with Crippen LogP contribution in [0.5, 0.6) is 0 Å². The zero-order valence-corrected chi connectivity index (χ0v) is 12.1. The van der Waals surface area contributed by atoms with Crippen molar-refractivity contribution in [1.29, 1.82) is 0 Å². The molecule has 0 aromatic carbocycles. The first-order valence-electron chi connectivity index (χ1n) is 7.38. The summed E-state index contributed by atoms with van der Waals surface area (Å²) in [5.41, 5.74) is 0. The number of aromatic nitrogens is 2. The van der Waals surface area contributed by atoms with Crippen molar-refractivity contribution in [2.24, 2.45) is 0 Å². The molecule has 0 radical (unpaired) electrons.